The quantitative estimate of drug-likeness (QED) is 0.567. The zero-order chi connectivity index (χ0) is 18.3. The summed E-state index contributed by atoms with van der Waals surface area (Å²) in [7, 11) is 0. The Labute approximate surface area is 151 Å². The molecular formula is C23H17NO2. The fourth-order valence-electron chi connectivity index (χ4n) is 3.40. The van der Waals surface area contributed by atoms with Crippen molar-refractivity contribution in [2.75, 3.05) is 5.73 Å². The molecule has 0 aliphatic heterocycles. The minimum Gasteiger partial charge on any atom is -0.398 e. The SMILES string of the molecule is C=Cc1ccc(Cc2ccc3c(c2N)C(=O)c2ccccc2C3=O)cc1. The fraction of sp³-hybridized carbons (Fsp3) is 0.0435. The molecule has 0 spiro atoms. The fourth-order valence-corrected chi connectivity index (χ4v) is 3.40. The van der Waals surface area contributed by atoms with Gasteiger partial charge in [-0.1, -0.05) is 67.3 Å². The number of carbonyl (C=O) groups is 2. The smallest absolute Gasteiger partial charge is 0.196 e. The second kappa shape index (κ2) is 6.12. The lowest BCUT2D eigenvalue weighted by Gasteiger charge is -2.20. The molecule has 0 aromatic heterocycles. The lowest BCUT2D eigenvalue weighted by Crippen LogP contribution is -2.23. The van der Waals surface area contributed by atoms with E-state index >= 15 is 0 Å². The largest absolute Gasteiger partial charge is 0.398 e. The van der Waals surface area contributed by atoms with Crippen LogP contribution in [0.25, 0.3) is 6.08 Å². The van der Waals surface area contributed by atoms with Crippen LogP contribution in [0.2, 0.25) is 0 Å². The zero-order valence-corrected chi connectivity index (χ0v) is 14.2. The third-order valence-corrected chi connectivity index (χ3v) is 4.83. The van der Waals surface area contributed by atoms with E-state index in [9.17, 15) is 9.59 Å². The maximum atomic E-state index is 12.9. The Bertz CT molecular complexity index is 1060. The van der Waals surface area contributed by atoms with E-state index < -0.39 is 0 Å². The Morgan fingerprint density at radius 2 is 1.46 bits per heavy atom. The Morgan fingerprint density at radius 1 is 0.808 bits per heavy atom. The van der Waals surface area contributed by atoms with Gasteiger partial charge in [-0.2, -0.15) is 0 Å². The van der Waals surface area contributed by atoms with Gasteiger partial charge in [-0.25, -0.2) is 0 Å². The molecule has 0 radical (unpaired) electrons. The van der Waals surface area contributed by atoms with Gasteiger partial charge in [0.2, 0.25) is 0 Å². The molecule has 2 N–H and O–H groups in total. The van der Waals surface area contributed by atoms with Gasteiger partial charge < -0.3 is 5.73 Å². The molecule has 4 rings (SSSR count). The van der Waals surface area contributed by atoms with Crippen LogP contribution < -0.4 is 5.73 Å². The number of rotatable bonds is 3. The Balaban J connectivity index is 1.77. The maximum absolute atomic E-state index is 12.9. The van der Waals surface area contributed by atoms with Crippen molar-refractivity contribution >= 4 is 23.3 Å². The summed E-state index contributed by atoms with van der Waals surface area (Å²) in [6.07, 6.45) is 2.39. The molecule has 3 heteroatoms. The monoisotopic (exact) mass is 339 g/mol. The molecule has 1 aliphatic rings. The first kappa shape index (κ1) is 16.0. The third-order valence-electron chi connectivity index (χ3n) is 4.83. The highest BCUT2D eigenvalue weighted by atomic mass is 16.1. The van der Waals surface area contributed by atoms with Crippen molar-refractivity contribution in [3.63, 3.8) is 0 Å². The first-order valence-corrected chi connectivity index (χ1v) is 8.41. The molecule has 0 saturated heterocycles. The summed E-state index contributed by atoms with van der Waals surface area (Å²) in [4.78, 5) is 25.6. The van der Waals surface area contributed by atoms with Crippen LogP contribution in [-0.4, -0.2) is 11.6 Å². The van der Waals surface area contributed by atoms with Gasteiger partial charge in [-0.3, -0.25) is 9.59 Å². The van der Waals surface area contributed by atoms with Gasteiger partial charge in [0.05, 0.1) is 5.56 Å². The summed E-state index contributed by atoms with van der Waals surface area (Å²) in [5.74, 6) is -0.333. The molecule has 126 valence electrons. The second-order valence-electron chi connectivity index (χ2n) is 6.39. The number of nitrogen functional groups attached to an aromatic ring is 1. The molecule has 0 heterocycles. The van der Waals surface area contributed by atoms with Crippen LogP contribution in [0.1, 0.15) is 48.5 Å². The van der Waals surface area contributed by atoms with Gasteiger partial charge in [-0.05, 0) is 29.2 Å². The second-order valence-corrected chi connectivity index (χ2v) is 6.39. The molecule has 26 heavy (non-hydrogen) atoms. The zero-order valence-electron chi connectivity index (χ0n) is 14.2. The van der Waals surface area contributed by atoms with E-state index in [1.54, 1.807) is 36.4 Å². The highest BCUT2D eigenvalue weighted by Crippen LogP contribution is 2.33. The summed E-state index contributed by atoms with van der Waals surface area (Å²) in [5, 5.41) is 0. The molecule has 0 atom stereocenters. The van der Waals surface area contributed by atoms with Crippen molar-refractivity contribution in [2.24, 2.45) is 0 Å². The molecule has 0 amide bonds. The van der Waals surface area contributed by atoms with E-state index in [2.05, 4.69) is 6.58 Å². The van der Waals surface area contributed by atoms with Crippen LogP contribution in [0.3, 0.4) is 0 Å². The van der Waals surface area contributed by atoms with E-state index in [1.807, 2.05) is 30.3 Å². The Morgan fingerprint density at radius 3 is 2.12 bits per heavy atom. The predicted molar refractivity (Wildman–Crippen MR) is 104 cm³/mol. The van der Waals surface area contributed by atoms with E-state index in [-0.39, 0.29) is 11.6 Å². The van der Waals surface area contributed by atoms with Crippen LogP contribution in [0.15, 0.2) is 67.2 Å². The van der Waals surface area contributed by atoms with Crippen LogP contribution in [-0.2, 0) is 6.42 Å². The van der Waals surface area contributed by atoms with Crippen LogP contribution >= 0.6 is 0 Å². The van der Waals surface area contributed by atoms with Crippen LogP contribution in [0, 0.1) is 0 Å². The predicted octanol–water partition coefficient (Wildman–Crippen LogP) is 4.28. The number of ketones is 2. The number of nitrogens with two attached hydrogens (primary N) is 1. The molecule has 0 saturated carbocycles. The summed E-state index contributed by atoms with van der Waals surface area (Å²) in [6.45, 7) is 3.75. The van der Waals surface area contributed by atoms with Crippen LogP contribution in [0.4, 0.5) is 5.69 Å². The molecular weight excluding hydrogens is 322 g/mol. The van der Waals surface area contributed by atoms with Crippen LogP contribution in [0.5, 0.6) is 0 Å². The molecule has 3 aromatic rings. The minimum atomic E-state index is -0.184. The number of hydrogen-bond donors (Lipinski definition) is 1. The van der Waals surface area contributed by atoms with Crippen molar-refractivity contribution < 1.29 is 9.59 Å². The average molecular weight is 339 g/mol. The summed E-state index contributed by atoms with van der Waals surface area (Å²) in [6, 6.07) is 18.4. The minimum absolute atomic E-state index is 0.149. The van der Waals surface area contributed by atoms with Crippen molar-refractivity contribution in [1.82, 2.24) is 0 Å². The standard InChI is InChI=1S/C23H17NO2/c1-2-14-7-9-15(10-8-14)13-16-11-12-19-20(21(16)24)23(26)18-6-4-3-5-17(18)22(19)25/h2-12H,1,13,24H2. The molecule has 0 fully saturated rings. The molecule has 0 unspecified atom stereocenters. The number of fused-ring (bicyclic) bond motifs is 2. The van der Waals surface area contributed by atoms with E-state index in [0.29, 0.717) is 34.4 Å². The molecule has 0 bridgehead atoms. The average Bonchev–Trinajstić information content (AvgIpc) is 2.68. The van der Waals surface area contributed by atoms with Crippen molar-refractivity contribution in [1.29, 1.82) is 0 Å². The number of hydrogen-bond acceptors (Lipinski definition) is 3. The summed E-state index contributed by atoms with van der Waals surface area (Å²) < 4.78 is 0. The van der Waals surface area contributed by atoms with E-state index in [1.165, 1.54) is 0 Å². The van der Waals surface area contributed by atoms with Gasteiger partial charge in [0.25, 0.3) is 0 Å². The van der Waals surface area contributed by atoms with Gasteiger partial charge in [0, 0.05) is 22.4 Å². The Kier molecular flexibility index (Phi) is 3.77. The highest BCUT2D eigenvalue weighted by Gasteiger charge is 2.31. The number of carbonyl (C=O) groups excluding carboxylic acids is 2. The number of anilines is 1. The Hall–Kier alpha value is -3.46. The normalized spacial score (nSPS) is 12.5. The van der Waals surface area contributed by atoms with E-state index in [4.69, 9.17) is 5.73 Å². The molecule has 1 aliphatic carbocycles. The summed E-state index contributed by atoms with van der Waals surface area (Å²) >= 11 is 0. The van der Waals surface area contributed by atoms with E-state index in [0.717, 1.165) is 16.7 Å². The van der Waals surface area contributed by atoms with Crippen molar-refractivity contribution in [3.8, 4) is 0 Å². The molecule has 3 nitrogen and oxygen atoms in total. The van der Waals surface area contributed by atoms with Gasteiger partial charge in [0.1, 0.15) is 0 Å². The topological polar surface area (TPSA) is 60.2 Å². The van der Waals surface area contributed by atoms with Gasteiger partial charge in [-0.15, -0.1) is 0 Å². The van der Waals surface area contributed by atoms with Crippen molar-refractivity contribution in [3.05, 3.63) is 106 Å². The highest BCUT2D eigenvalue weighted by molar-refractivity contribution is 6.30. The molecule has 3 aromatic carbocycles. The first-order valence-electron chi connectivity index (χ1n) is 8.41. The van der Waals surface area contributed by atoms with Crippen molar-refractivity contribution in [2.45, 2.75) is 6.42 Å². The third kappa shape index (κ3) is 2.45. The lowest BCUT2D eigenvalue weighted by molar-refractivity contribution is 0.0979. The first-order chi connectivity index (χ1) is 12.6. The van der Waals surface area contributed by atoms with Gasteiger partial charge in [0.15, 0.2) is 11.6 Å². The number of benzene rings is 3. The van der Waals surface area contributed by atoms with Gasteiger partial charge >= 0.3 is 0 Å². The lowest BCUT2D eigenvalue weighted by atomic mass is 9.81. The summed E-state index contributed by atoms with van der Waals surface area (Å²) in [5.41, 5.74) is 11.3. The maximum Gasteiger partial charge on any atom is 0.196 e.